The molecule has 110 valence electrons. The molecule has 0 amide bonds. The normalized spacial score (nSPS) is 17.8. The smallest absolute Gasteiger partial charge is 0.319 e. The molecule has 0 unspecified atom stereocenters. The predicted molar refractivity (Wildman–Crippen MR) is 78.2 cm³/mol. The zero-order valence-corrected chi connectivity index (χ0v) is 12.6. The van der Waals surface area contributed by atoms with Crippen LogP contribution in [0.5, 0.6) is 5.75 Å². The van der Waals surface area contributed by atoms with E-state index in [9.17, 15) is 4.79 Å². The third-order valence-corrected chi connectivity index (χ3v) is 4.60. The Balaban J connectivity index is 1.82. The Morgan fingerprint density at radius 2 is 2.10 bits per heavy atom. The lowest BCUT2D eigenvalue weighted by molar-refractivity contribution is -0.137. The summed E-state index contributed by atoms with van der Waals surface area (Å²) < 4.78 is 12.0. The number of rotatable bonds is 4. The first-order chi connectivity index (χ1) is 10.2. The molecule has 2 aromatic rings. The van der Waals surface area contributed by atoms with Gasteiger partial charge in [0.25, 0.3) is 0 Å². The molecule has 2 heterocycles. The van der Waals surface area contributed by atoms with Gasteiger partial charge in [-0.2, -0.15) is 0 Å². The molecular formula is C14H15N3O3S. The second-order valence-electron chi connectivity index (χ2n) is 4.66. The molecule has 0 spiro atoms. The summed E-state index contributed by atoms with van der Waals surface area (Å²) in [6.07, 6.45) is 0.716. The maximum Gasteiger partial charge on any atom is 0.319 e. The molecule has 1 aliphatic rings. The third-order valence-electron chi connectivity index (χ3n) is 3.32. The molecule has 0 radical (unpaired) electrons. The number of methoxy groups -OCH3 is 1. The minimum Gasteiger partial charge on any atom is -0.497 e. The Morgan fingerprint density at radius 1 is 1.33 bits per heavy atom. The molecule has 1 aromatic heterocycles. The first-order valence-electron chi connectivity index (χ1n) is 6.56. The van der Waals surface area contributed by atoms with Crippen LogP contribution in [-0.4, -0.2) is 39.7 Å². The van der Waals surface area contributed by atoms with Crippen molar-refractivity contribution in [2.45, 2.75) is 16.8 Å². The molecule has 1 saturated heterocycles. The van der Waals surface area contributed by atoms with Crippen LogP contribution in [0.1, 0.15) is 6.42 Å². The van der Waals surface area contributed by atoms with Crippen LogP contribution in [0.2, 0.25) is 0 Å². The van der Waals surface area contributed by atoms with Crippen molar-refractivity contribution in [2.75, 3.05) is 13.7 Å². The van der Waals surface area contributed by atoms with Gasteiger partial charge in [-0.1, -0.05) is 11.8 Å². The maximum atomic E-state index is 11.5. The van der Waals surface area contributed by atoms with Crippen molar-refractivity contribution in [1.82, 2.24) is 14.8 Å². The van der Waals surface area contributed by atoms with Gasteiger partial charge >= 0.3 is 5.97 Å². The number of carbonyl (C=O) groups is 1. The van der Waals surface area contributed by atoms with Gasteiger partial charge < -0.3 is 14.0 Å². The average Bonchev–Trinajstić information content (AvgIpc) is 3.07. The van der Waals surface area contributed by atoms with Gasteiger partial charge in [-0.3, -0.25) is 4.79 Å². The van der Waals surface area contributed by atoms with E-state index in [1.807, 2.05) is 35.9 Å². The van der Waals surface area contributed by atoms with Crippen molar-refractivity contribution in [3.05, 3.63) is 24.3 Å². The van der Waals surface area contributed by atoms with Gasteiger partial charge in [0.05, 0.1) is 13.7 Å². The van der Waals surface area contributed by atoms with E-state index < -0.39 is 0 Å². The van der Waals surface area contributed by atoms with E-state index in [0.717, 1.165) is 17.1 Å². The first kappa shape index (κ1) is 13.9. The number of benzene rings is 1. The van der Waals surface area contributed by atoms with Crippen LogP contribution in [0, 0.1) is 0 Å². The van der Waals surface area contributed by atoms with Gasteiger partial charge in [-0.15, -0.1) is 10.2 Å². The van der Waals surface area contributed by atoms with Crippen LogP contribution >= 0.6 is 11.8 Å². The summed E-state index contributed by atoms with van der Waals surface area (Å²) in [6.45, 7) is 0.486. The molecule has 1 fully saturated rings. The van der Waals surface area contributed by atoms with Crippen LogP contribution in [0.4, 0.5) is 0 Å². The van der Waals surface area contributed by atoms with Crippen LogP contribution in [0.25, 0.3) is 11.4 Å². The quantitative estimate of drug-likeness (QED) is 0.804. The highest BCUT2D eigenvalue weighted by Crippen LogP contribution is 2.30. The third kappa shape index (κ3) is 2.73. The number of aromatic nitrogens is 3. The molecule has 21 heavy (non-hydrogen) atoms. The van der Waals surface area contributed by atoms with Crippen molar-refractivity contribution in [2.24, 2.45) is 7.05 Å². The Kier molecular flexibility index (Phi) is 3.83. The summed E-state index contributed by atoms with van der Waals surface area (Å²) in [4.78, 5) is 11.5. The van der Waals surface area contributed by atoms with E-state index in [1.165, 1.54) is 11.8 Å². The fourth-order valence-corrected chi connectivity index (χ4v) is 3.09. The summed E-state index contributed by atoms with van der Waals surface area (Å²) in [5.41, 5.74) is 0.951. The van der Waals surface area contributed by atoms with E-state index in [1.54, 1.807) is 7.11 Å². The average molecular weight is 305 g/mol. The standard InChI is InChI=1S/C14H15N3O3S/c1-17-12(9-3-5-10(19-2)6-4-9)15-16-14(17)21-11-7-8-20-13(11)18/h3-6,11H,7-8H2,1-2H3/t11-/m0/s1. The largest absolute Gasteiger partial charge is 0.497 e. The fraction of sp³-hybridized carbons (Fsp3) is 0.357. The molecule has 0 saturated carbocycles. The lowest BCUT2D eigenvalue weighted by Gasteiger charge is -2.06. The molecular weight excluding hydrogens is 290 g/mol. The van der Waals surface area contributed by atoms with Gasteiger partial charge in [0.1, 0.15) is 11.0 Å². The van der Waals surface area contributed by atoms with Gasteiger partial charge in [-0.05, 0) is 24.3 Å². The number of ether oxygens (including phenoxy) is 2. The topological polar surface area (TPSA) is 66.2 Å². The highest BCUT2D eigenvalue weighted by atomic mass is 32.2. The van der Waals surface area contributed by atoms with Gasteiger partial charge in [-0.25, -0.2) is 0 Å². The number of hydrogen-bond donors (Lipinski definition) is 0. The molecule has 6 nitrogen and oxygen atoms in total. The lowest BCUT2D eigenvalue weighted by atomic mass is 10.2. The van der Waals surface area contributed by atoms with E-state index in [0.29, 0.717) is 18.2 Å². The number of thioether (sulfide) groups is 1. The number of nitrogens with zero attached hydrogens (tertiary/aromatic N) is 3. The van der Waals surface area contributed by atoms with Crippen molar-refractivity contribution >= 4 is 17.7 Å². The number of carbonyl (C=O) groups excluding carboxylic acids is 1. The predicted octanol–water partition coefficient (Wildman–Crippen LogP) is 1.90. The Labute approximate surface area is 126 Å². The molecule has 0 N–H and O–H groups in total. The zero-order chi connectivity index (χ0) is 14.8. The van der Waals surface area contributed by atoms with Crippen LogP contribution in [0.3, 0.4) is 0 Å². The zero-order valence-electron chi connectivity index (χ0n) is 11.8. The minimum absolute atomic E-state index is 0.172. The van der Waals surface area contributed by atoms with Gasteiger partial charge in [0, 0.05) is 19.0 Å². The summed E-state index contributed by atoms with van der Waals surface area (Å²) in [5, 5.41) is 8.91. The lowest BCUT2D eigenvalue weighted by Crippen LogP contribution is -2.10. The Morgan fingerprint density at radius 3 is 2.71 bits per heavy atom. The fourth-order valence-electron chi connectivity index (χ4n) is 2.12. The van der Waals surface area contributed by atoms with Crippen LogP contribution < -0.4 is 4.74 Å². The van der Waals surface area contributed by atoms with E-state index in [4.69, 9.17) is 9.47 Å². The highest BCUT2D eigenvalue weighted by Gasteiger charge is 2.29. The SMILES string of the molecule is COc1ccc(-c2nnc(S[C@H]3CCOC3=O)n2C)cc1. The molecule has 1 aromatic carbocycles. The number of hydrogen-bond acceptors (Lipinski definition) is 6. The van der Waals surface area contributed by atoms with Gasteiger partial charge in [0.15, 0.2) is 11.0 Å². The molecule has 0 aliphatic carbocycles. The maximum absolute atomic E-state index is 11.5. The van der Waals surface area contributed by atoms with Crippen molar-refractivity contribution in [1.29, 1.82) is 0 Å². The highest BCUT2D eigenvalue weighted by molar-refractivity contribution is 8.00. The number of esters is 1. The Hall–Kier alpha value is -2.02. The van der Waals surface area contributed by atoms with Crippen LogP contribution in [-0.2, 0) is 16.6 Å². The summed E-state index contributed by atoms with van der Waals surface area (Å²) in [5.74, 6) is 1.38. The van der Waals surface area contributed by atoms with Gasteiger partial charge in [0.2, 0.25) is 0 Å². The number of cyclic esters (lactones) is 1. The second-order valence-corrected chi connectivity index (χ2v) is 5.83. The minimum atomic E-state index is -0.184. The monoisotopic (exact) mass is 305 g/mol. The second kappa shape index (κ2) is 5.77. The Bertz CT molecular complexity index is 654. The molecule has 7 heteroatoms. The van der Waals surface area contributed by atoms with Crippen molar-refractivity contribution in [3.8, 4) is 17.1 Å². The van der Waals surface area contributed by atoms with Crippen molar-refractivity contribution < 1.29 is 14.3 Å². The van der Waals surface area contributed by atoms with E-state index in [-0.39, 0.29) is 11.2 Å². The molecule has 3 rings (SSSR count). The summed E-state index contributed by atoms with van der Waals surface area (Å²) >= 11 is 1.40. The molecule has 0 bridgehead atoms. The summed E-state index contributed by atoms with van der Waals surface area (Å²) in [6, 6.07) is 7.62. The van der Waals surface area contributed by atoms with Crippen molar-refractivity contribution in [3.63, 3.8) is 0 Å². The summed E-state index contributed by atoms with van der Waals surface area (Å²) in [7, 11) is 3.52. The molecule has 1 atom stereocenters. The first-order valence-corrected chi connectivity index (χ1v) is 7.44. The van der Waals surface area contributed by atoms with Crippen LogP contribution in [0.15, 0.2) is 29.4 Å². The van der Waals surface area contributed by atoms with E-state index >= 15 is 0 Å². The van der Waals surface area contributed by atoms with E-state index in [2.05, 4.69) is 10.2 Å². The molecule has 1 aliphatic heterocycles.